The van der Waals surface area contributed by atoms with E-state index in [1.54, 1.807) is 13.0 Å². The molecule has 0 saturated carbocycles. The number of carboxylic acids is 1. The standard InChI is InChI=1S/C31H28ClN3O10/c1-15-5-8-18(11-21(15)32)34-27(36)24-25(28(34)37)31(30(39)40,14-16-6-9-17(10-7-16)35(41)42)33-26(24)20-12-19(43-2)13-22(44-3)23(20)29(38)45-4/h5-13,24-26,33H,14H2,1-4H3,(H,39,40). The van der Waals surface area contributed by atoms with Crippen molar-refractivity contribution in [2.45, 2.75) is 24.9 Å². The summed E-state index contributed by atoms with van der Waals surface area (Å²) in [7, 11) is 3.85. The maximum absolute atomic E-state index is 14.3. The van der Waals surface area contributed by atoms with E-state index in [0.29, 0.717) is 16.1 Å². The van der Waals surface area contributed by atoms with Gasteiger partial charge in [0.25, 0.3) is 5.69 Å². The van der Waals surface area contributed by atoms with E-state index in [9.17, 15) is 34.4 Å². The molecule has 0 spiro atoms. The van der Waals surface area contributed by atoms with E-state index in [-0.39, 0.29) is 40.4 Å². The van der Waals surface area contributed by atoms with Crippen molar-refractivity contribution >= 4 is 46.7 Å². The first-order valence-electron chi connectivity index (χ1n) is 13.6. The number of aliphatic carboxylic acids is 1. The summed E-state index contributed by atoms with van der Waals surface area (Å²) in [5.74, 6) is -6.32. The van der Waals surface area contributed by atoms with Gasteiger partial charge in [-0.1, -0.05) is 29.8 Å². The van der Waals surface area contributed by atoms with E-state index in [0.717, 1.165) is 12.0 Å². The van der Waals surface area contributed by atoms with Crippen LogP contribution < -0.4 is 19.7 Å². The summed E-state index contributed by atoms with van der Waals surface area (Å²) >= 11 is 6.34. The van der Waals surface area contributed by atoms with Crippen LogP contribution in [-0.4, -0.2) is 60.7 Å². The number of hydrogen-bond donors (Lipinski definition) is 2. The second kappa shape index (κ2) is 11.8. The number of nitro groups is 1. The Labute approximate surface area is 261 Å². The highest BCUT2D eigenvalue weighted by Crippen LogP contribution is 2.52. The Morgan fingerprint density at radius 2 is 1.73 bits per heavy atom. The van der Waals surface area contributed by atoms with Crippen LogP contribution in [0.5, 0.6) is 11.5 Å². The molecule has 4 unspecified atom stereocenters. The second-order valence-corrected chi connectivity index (χ2v) is 11.1. The molecule has 45 heavy (non-hydrogen) atoms. The van der Waals surface area contributed by atoms with E-state index in [2.05, 4.69) is 5.32 Å². The summed E-state index contributed by atoms with van der Waals surface area (Å²) in [6.07, 6.45) is -0.339. The fraction of sp³-hybridized carbons (Fsp3) is 0.290. The molecule has 3 aromatic carbocycles. The molecule has 3 aromatic rings. The SMILES string of the molecule is COC(=O)c1c(OC)cc(OC)cc1C1NC(Cc2ccc([N+](=O)[O-])cc2)(C(=O)O)C2C(=O)N(c3ccc(C)c(Cl)c3)C(=O)C12. The highest BCUT2D eigenvalue weighted by atomic mass is 35.5. The summed E-state index contributed by atoms with van der Waals surface area (Å²) in [6, 6.07) is 11.5. The first-order valence-corrected chi connectivity index (χ1v) is 14.0. The minimum absolute atomic E-state index is 0.0386. The molecule has 2 fully saturated rings. The van der Waals surface area contributed by atoms with Gasteiger partial charge in [-0.15, -0.1) is 0 Å². The third-order valence-corrected chi connectivity index (χ3v) is 8.77. The molecule has 2 saturated heterocycles. The van der Waals surface area contributed by atoms with Crippen molar-refractivity contribution in [1.29, 1.82) is 0 Å². The monoisotopic (exact) mass is 637 g/mol. The van der Waals surface area contributed by atoms with Crippen molar-refractivity contribution in [3.05, 3.63) is 92.0 Å². The van der Waals surface area contributed by atoms with Gasteiger partial charge in [0.15, 0.2) is 0 Å². The van der Waals surface area contributed by atoms with Gasteiger partial charge in [-0.3, -0.25) is 29.8 Å². The lowest BCUT2D eigenvalue weighted by molar-refractivity contribution is -0.384. The van der Waals surface area contributed by atoms with Crippen LogP contribution in [0.4, 0.5) is 11.4 Å². The zero-order chi connectivity index (χ0) is 32.8. The number of rotatable bonds is 9. The van der Waals surface area contributed by atoms with E-state index < -0.39 is 52.1 Å². The van der Waals surface area contributed by atoms with Gasteiger partial charge < -0.3 is 19.3 Å². The summed E-state index contributed by atoms with van der Waals surface area (Å²) in [6.45, 7) is 1.75. The van der Waals surface area contributed by atoms with Crippen LogP contribution in [0.2, 0.25) is 5.02 Å². The van der Waals surface area contributed by atoms with E-state index >= 15 is 0 Å². The third-order valence-electron chi connectivity index (χ3n) is 8.37. The lowest BCUT2D eigenvalue weighted by Gasteiger charge is -2.31. The number of carbonyl (C=O) groups excluding carboxylic acids is 3. The molecular formula is C31H28ClN3O10. The molecule has 0 bridgehead atoms. The number of nitrogens with one attached hydrogen (secondary N) is 1. The van der Waals surface area contributed by atoms with Crippen LogP contribution in [0, 0.1) is 28.9 Å². The summed E-state index contributed by atoms with van der Waals surface area (Å²) < 4.78 is 15.9. The van der Waals surface area contributed by atoms with E-state index in [1.807, 2.05) is 0 Å². The van der Waals surface area contributed by atoms with Crippen LogP contribution in [0.3, 0.4) is 0 Å². The highest BCUT2D eigenvalue weighted by molar-refractivity contribution is 6.32. The minimum atomic E-state index is -2.11. The van der Waals surface area contributed by atoms with Gasteiger partial charge in [-0.25, -0.2) is 9.69 Å². The molecule has 2 heterocycles. The Morgan fingerprint density at radius 3 is 2.29 bits per heavy atom. The first-order chi connectivity index (χ1) is 21.4. The van der Waals surface area contributed by atoms with Gasteiger partial charge in [0.1, 0.15) is 22.6 Å². The van der Waals surface area contributed by atoms with Gasteiger partial charge in [0.2, 0.25) is 11.8 Å². The number of amides is 2. The number of nitrogens with zero attached hydrogens (tertiary/aromatic N) is 2. The molecular weight excluding hydrogens is 610 g/mol. The maximum Gasteiger partial charge on any atom is 0.341 e. The van der Waals surface area contributed by atoms with E-state index in [4.69, 9.17) is 25.8 Å². The predicted octanol–water partition coefficient (Wildman–Crippen LogP) is 3.88. The number of fused-ring (bicyclic) bond motifs is 1. The Hall–Kier alpha value is -5.01. The summed E-state index contributed by atoms with van der Waals surface area (Å²) in [5.41, 5.74) is -1.09. The fourth-order valence-electron chi connectivity index (χ4n) is 6.19. The number of imide groups is 1. The molecule has 13 nitrogen and oxygen atoms in total. The molecule has 0 aromatic heterocycles. The Kier molecular flexibility index (Phi) is 8.25. The largest absolute Gasteiger partial charge is 0.497 e. The molecule has 0 aliphatic carbocycles. The number of esters is 1. The van der Waals surface area contributed by atoms with Crippen molar-refractivity contribution in [3.63, 3.8) is 0 Å². The van der Waals surface area contributed by atoms with Gasteiger partial charge in [0.05, 0.1) is 43.8 Å². The zero-order valence-electron chi connectivity index (χ0n) is 24.5. The highest BCUT2D eigenvalue weighted by Gasteiger charge is 2.69. The predicted molar refractivity (Wildman–Crippen MR) is 160 cm³/mol. The van der Waals surface area contributed by atoms with Crippen molar-refractivity contribution in [3.8, 4) is 11.5 Å². The topological polar surface area (TPSA) is 175 Å². The number of nitro benzene ring substituents is 1. The smallest absolute Gasteiger partial charge is 0.341 e. The van der Waals surface area contributed by atoms with E-state index in [1.165, 1.54) is 62.8 Å². The van der Waals surface area contributed by atoms with Crippen molar-refractivity contribution < 1.29 is 43.4 Å². The van der Waals surface area contributed by atoms with Gasteiger partial charge in [-0.2, -0.15) is 0 Å². The van der Waals surface area contributed by atoms with Gasteiger partial charge >= 0.3 is 11.9 Å². The van der Waals surface area contributed by atoms with Crippen LogP contribution in [0.15, 0.2) is 54.6 Å². The molecule has 2 aliphatic rings. The summed E-state index contributed by atoms with van der Waals surface area (Å²) in [4.78, 5) is 66.6. The van der Waals surface area contributed by atoms with Crippen molar-refractivity contribution in [2.75, 3.05) is 26.2 Å². The third kappa shape index (κ3) is 5.13. The molecule has 2 aliphatic heterocycles. The molecule has 2 amide bonds. The maximum atomic E-state index is 14.3. The number of halogens is 1. The number of carbonyl (C=O) groups is 4. The average Bonchev–Trinajstić information content (AvgIpc) is 3.50. The van der Waals surface area contributed by atoms with Crippen LogP contribution in [0.1, 0.15) is 33.1 Å². The minimum Gasteiger partial charge on any atom is -0.497 e. The number of aryl methyl sites for hydroxylation is 1. The number of benzene rings is 3. The second-order valence-electron chi connectivity index (χ2n) is 10.7. The number of hydrogen-bond acceptors (Lipinski definition) is 10. The molecule has 2 N–H and O–H groups in total. The lowest BCUT2D eigenvalue weighted by Crippen LogP contribution is -2.57. The molecule has 0 radical (unpaired) electrons. The Morgan fingerprint density at radius 1 is 1.04 bits per heavy atom. The lowest BCUT2D eigenvalue weighted by atomic mass is 9.76. The molecule has 4 atom stereocenters. The number of ether oxygens (including phenoxy) is 3. The first kappa shape index (κ1) is 31.4. The van der Waals surface area contributed by atoms with Crippen LogP contribution in [-0.2, 0) is 25.5 Å². The molecule has 14 heteroatoms. The zero-order valence-corrected chi connectivity index (χ0v) is 25.3. The molecule has 5 rings (SSSR count). The number of non-ortho nitro benzene ring substituents is 1. The van der Waals surface area contributed by atoms with Crippen LogP contribution >= 0.6 is 11.6 Å². The van der Waals surface area contributed by atoms with Gasteiger partial charge in [-0.05, 0) is 41.8 Å². The number of methoxy groups -OCH3 is 3. The fourth-order valence-corrected chi connectivity index (χ4v) is 6.37. The van der Waals surface area contributed by atoms with Crippen molar-refractivity contribution in [1.82, 2.24) is 5.32 Å². The molecule has 234 valence electrons. The average molecular weight is 638 g/mol. The quantitative estimate of drug-likeness (QED) is 0.151. The van der Waals surface area contributed by atoms with Crippen molar-refractivity contribution in [2.24, 2.45) is 11.8 Å². The number of carboxylic acid groups (broad SMARTS) is 1. The van der Waals surface area contributed by atoms with Crippen LogP contribution in [0.25, 0.3) is 0 Å². The Balaban J connectivity index is 1.75. The Bertz CT molecular complexity index is 1740. The van der Waals surface area contributed by atoms with Gasteiger partial charge in [0, 0.05) is 35.7 Å². The number of anilines is 1. The normalized spacial score (nSPS) is 22.2. The summed E-state index contributed by atoms with van der Waals surface area (Å²) in [5, 5.41) is 25.4.